The minimum absolute atomic E-state index is 0.120. The van der Waals surface area contributed by atoms with Gasteiger partial charge < -0.3 is 10.4 Å². The van der Waals surface area contributed by atoms with Crippen molar-refractivity contribution in [3.63, 3.8) is 0 Å². The van der Waals surface area contributed by atoms with Crippen molar-refractivity contribution in [1.29, 1.82) is 0 Å². The van der Waals surface area contributed by atoms with E-state index in [4.69, 9.17) is 0 Å². The zero-order valence-electron chi connectivity index (χ0n) is 10.1. The molecule has 0 spiro atoms. The molecule has 3 nitrogen and oxygen atoms in total. The maximum atomic E-state index is 11.7. The molecule has 0 aliphatic rings. The summed E-state index contributed by atoms with van der Waals surface area (Å²) < 4.78 is 0.934. The third kappa shape index (κ3) is 4.41. The Morgan fingerprint density at radius 2 is 2.12 bits per heavy atom. The summed E-state index contributed by atoms with van der Waals surface area (Å²) in [6, 6.07) is 3.62. The lowest BCUT2D eigenvalue weighted by Crippen LogP contribution is -2.35. The molecule has 0 bridgehead atoms. The summed E-state index contributed by atoms with van der Waals surface area (Å²) in [5, 5.41) is 12.7. The Morgan fingerprint density at radius 3 is 2.59 bits per heavy atom. The number of hydrogen-bond acceptors (Lipinski definition) is 3. The molecular formula is C12H18BrNO2S. The van der Waals surface area contributed by atoms with Gasteiger partial charge in [0.2, 0.25) is 0 Å². The van der Waals surface area contributed by atoms with Gasteiger partial charge >= 0.3 is 0 Å². The van der Waals surface area contributed by atoms with Gasteiger partial charge in [-0.25, -0.2) is 0 Å². The molecule has 2 N–H and O–H groups in total. The first kappa shape index (κ1) is 14.7. The van der Waals surface area contributed by atoms with Crippen molar-refractivity contribution in [3.05, 3.63) is 20.8 Å². The number of carbonyl (C=O) groups is 1. The highest BCUT2D eigenvalue weighted by Gasteiger charge is 2.17. The van der Waals surface area contributed by atoms with Crippen LogP contribution >= 0.6 is 27.3 Å². The van der Waals surface area contributed by atoms with Crippen LogP contribution < -0.4 is 5.32 Å². The van der Waals surface area contributed by atoms with Gasteiger partial charge in [-0.3, -0.25) is 4.79 Å². The van der Waals surface area contributed by atoms with Gasteiger partial charge in [0.15, 0.2) is 0 Å². The van der Waals surface area contributed by atoms with Gasteiger partial charge in [0.1, 0.15) is 0 Å². The zero-order chi connectivity index (χ0) is 12.8. The fourth-order valence-corrected chi connectivity index (χ4v) is 3.02. The minimum atomic E-state index is -0.461. The normalized spacial score (nSPS) is 12.8. The number of halogens is 1. The van der Waals surface area contributed by atoms with Gasteiger partial charge in [0, 0.05) is 6.54 Å². The van der Waals surface area contributed by atoms with Crippen LogP contribution in [0.4, 0.5) is 0 Å². The van der Waals surface area contributed by atoms with E-state index >= 15 is 0 Å². The van der Waals surface area contributed by atoms with Crippen molar-refractivity contribution < 1.29 is 9.90 Å². The summed E-state index contributed by atoms with van der Waals surface area (Å²) in [4.78, 5) is 12.4. The minimum Gasteiger partial charge on any atom is -0.391 e. The van der Waals surface area contributed by atoms with E-state index < -0.39 is 6.10 Å². The van der Waals surface area contributed by atoms with E-state index in [0.29, 0.717) is 11.4 Å². The van der Waals surface area contributed by atoms with Crippen LogP contribution in [-0.4, -0.2) is 23.7 Å². The lowest BCUT2D eigenvalue weighted by molar-refractivity contribution is 0.0819. The predicted octanol–water partition coefficient (Wildman–Crippen LogP) is 3.04. The van der Waals surface area contributed by atoms with E-state index in [2.05, 4.69) is 35.1 Å². The van der Waals surface area contributed by atoms with E-state index in [1.807, 2.05) is 6.07 Å². The van der Waals surface area contributed by atoms with Crippen LogP contribution in [-0.2, 0) is 0 Å². The number of nitrogens with one attached hydrogen (secondary N) is 1. The van der Waals surface area contributed by atoms with Crippen molar-refractivity contribution >= 4 is 33.2 Å². The Kier molecular flexibility index (Phi) is 6.16. The van der Waals surface area contributed by atoms with Crippen LogP contribution in [0.25, 0.3) is 0 Å². The number of aliphatic hydroxyl groups is 1. The second-order valence-corrected chi connectivity index (χ2v) is 6.42. The highest BCUT2D eigenvalue weighted by molar-refractivity contribution is 9.11. The summed E-state index contributed by atoms with van der Waals surface area (Å²) in [7, 11) is 0. The molecule has 1 amide bonds. The molecule has 96 valence electrons. The van der Waals surface area contributed by atoms with Gasteiger partial charge in [-0.15, -0.1) is 11.3 Å². The third-order valence-electron chi connectivity index (χ3n) is 2.86. The first-order chi connectivity index (χ1) is 8.08. The van der Waals surface area contributed by atoms with Crippen molar-refractivity contribution in [3.8, 4) is 0 Å². The second-order valence-electron chi connectivity index (χ2n) is 3.96. The summed E-state index contributed by atoms with van der Waals surface area (Å²) in [6.45, 7) is 4.42. The quantitative estimate of drug-likeness (QED) is 0.846. The monoisotopic (exact) mass is 319 g/mol. The van der Waals surface area contributed by atoms with E-state index in [-0.39, 0.29) is 11.8 Å². The third-order valence-corrected chi connectivity index (χ3v) is 4.48. The summed E-state index contributed by atoms with van der Waals surface area (Å²) in [6.07, 6.45) is 1.40. The van der Waals surface area contributed by atoms with Crippen LogP contribution in [0.2, 0.25) is 0 Å². The van der Waals surface area contributed by atoms with Crippen LogP contribution in [0.3, 0.4) is 0 Å². The predicted molar refractivity (Wildman–Crippen MR) is 74.4 cm³/mol. The Labute approximate surface area is 114 Å². The molecule has 0 fully saturated rings. The average molecular weight is 320 g/mol. The Balaban J connectivity index is 2.43. The number of rotatable bonds is 6. The van der Waals surface area contributed by atoms with Crippen molar-refractivity contribution in [2.75, 3.05) is 6.54 Å². The first-order valence-corrected chi connectivity index (χ1v) is 7.41. The molecule has 0 saturated heterocycles. The van der Waals surface area contributed by atoms with Gasteiger partial charge in [0.25, 0.3) is 5.91 Å². The molecule has 0 radical (unpaired) electrons. The van der Waals surface area contributed by atoms with Crippen molar-refractivity contribution in [2.24, 2.45) is 5.92 Å². The fraction of sp³-hybridized carbons (Fsp3) is 0.583. The molecule has 1 unspecified atom stereocenters. The molecule has 1 heterocycles. The molecule has 5 heteroatoms. The summed E-state index contributed by atoms with van der Waals surface area (Å²) in [5.74, 6) is 0.135. The maximum absolute atomic E-state index is 11.7. The number of aliphatic hydroxyl groups excluding tert-OH is 1. The number of hydrogen-bond donors (Lipinski definition) is 2. The van der Waals surface area contributed by atoms with E-state index in [0.717, 1.165) is 16.6 Å². The molecule has 0 aliphatic heterocycles. The lowest BCUT2D eigenvalue weighted by atomic mass is 9.96. The highest BCUT2D eigenvalue weighted by atomic mass is 79.9. The highest BCUT2D eigenvalue weighted by Crippen LogP contribution is 2.21. The topological polar surface area (TPSA) is 49.3 Å². The lowest BCUT2D eigenvalue weighted by Gasteiger charge is -2.20. The number of amides is 1. The van der Waals surface area contributed by atoms with Gasteiger partial charge in [-0.05, 0) is 34.0 Å². The molecule has 1 rings (SSSR count). The van der Waals surface area contributed by atoms with Gasteiger partial charge in [0.05, 0.1) is 14.8 Å². The van der Waals surface area contributed by atoms with Crippen LogP contribution in [0.1, 0.15) is 36.4 Å². The summed E-state index contributed by atoms with van der Waals surface area (Å²) >= 11 is 4.71. The number of thiophene rings is 1. The zero-order valence-corrected chi connectivity index (χ0v) is 12.5. The van der Waals surface area contributed by atoms with E-state index in [1.165, 1.54) is 11.3 Å². The van der Waals surface area contributed by atoms with Crippen molar-refractivity contribution in [2.45, 2.75) is 32.8 Å². The van der Waals surface area contributed by atoms with E-state index in [9.17, 15) is 9.90 Å². The molecule has 1 aromatic rings. The van der Waals surface area contributed by atoms with Crippen LogP contribution in [0.15, 0.2) is 15.9 Å². The Bertz CT molecular complexity index is 363. The molecule has 1 aromatic heterocycles. The molecule has 0 aliphatic carbocycles. The fourth-order valence-electron chi connectivity index (χ4n) is 1.72. The van der Waals surface area contributed by atoms with Crippen LogP contribution in [0, 0.1) is 5.92 Å². The van der Waals surface area contributed by atoms with Gasteiger partial charge in [-0.2, -0.15) is 0 Å². The largest absolute Gasteiger partial charge is 0.391 e. The van der Waals surface area contributed by atoms with Crippen LogP contribution in [0.5, 0.6) is 0 Å². The Hall–Kier alpha value is -0.390. The smallest absolute Gasteiger partial charge is 0.261 e. The van der Waals surface area contributed by atoms with E-state index in [1.54, 1.807) is 6.07 Å². The SMILES string of the molecule is CCC(CC)C(O)CNC(=O)c1ccc(Br)s1. The Morgan fingerprint density at radius 1 is 1.47 bits per heavy atom. The van der Waals surface area contributed by atoms with Crippen molar-refractivity contribution in [1.82, 2.24) is 5.32 Å². The molecule has 1 atom stereocenters. The maximum Gasteiger partial charge on any atom is 0.261 e. The molecule has 0 aromatic carbocycles. The summed E-state index contributed by atoms with van der Waals surface area (Å²) in [5.41, 5.74) is 0. The number of carbonyl (C=O) groups excluding carboxylic acids is 1. The molecular weight excluding hydrogens is 302 g/mol. The second kappa shape index (κ2) is 7.13. The standard InChI is InChI=1S/C12H18BrNO2S/c1-3-8(4-2)9(15)7-14-12(16)10-5-6-11(13)17-10/h5-6,8-9,15H,3-4,7H2,1-2H3,(H,14,16). The van der Waals surface area contributed by atoms with Gasteiger partial charge in [-0.1, -0.05) is 26.7 Å². The molecule has 0 saturated carbocycles. The molecule has 17 heavy (non-hydrogen) atoms. The average Bonchev–Trinajstić information content (AvgIpc) is 2.74. The first-order valence-electron chi connectivity index (χ1n) is 5.80.